The molecule has 0 aliphatic rings. The molecule has 0 saturated heterocycles. The van der Waals surface area contributed by atoms with Gasteiger partial charge >= 0.3 is 0 Å². The lowest BCUT2D eigenvalue weighted by Gasteiger charge is -1.90. The van der Waals surface area contributed by atoms with Crippen molar-refractivity contribution in [3.8, 4) is 0 Å². The number of aromatic nitrogens is 2. The lowest BCUT2D eigenvalue weighted by molar-refractivity contribution is 0.112. The van der Waals surface area contributed by atoms with E-state index in [1.54, 1.807) is 12.3 Å². The molecule has 0 saturated carbocycles. The van der Waals surface area contributed by atoms with Crippen molar-refractivity contribution in [2.75, 3.05) is 0 Å². The normalized spacial score (nSPS) is 10.6. The van der Waals surface area contributed by atoms with Crippen molar-refractivity contribution in [3.63, 3.8) is 0 Å². The Labute approximate surface area is 79.7 Å². The maximum Gasteiger partial charge on any atom is 0.152 e. The van der Waals surface area contributed by atoms with Gasteiger partial charge in [-0.25, -0.2) is 4.98 Å². The molecule has 66 valence electrons. The molecule has 2 rings (SSSR count). The van der Waals surface area contributed by atoms with Crippen LogP contribution in [0.3, 0.4) is 0 Å². The lowest BCUT2D eigenvalue weighted by Crippen LogP contribution is -1.80. The van der Waals surface area contributed by atoms with E-state index in [4.69, 9.17) is 11.6 Å². The quantitative estimate of drug-likeness (QED) is 0.709. The summed E-state index contributed by atoms with van der Waals surface area (Å²) in [7, 11) is 0. The van der Waals surface area contributed by atoms with Crippen molar-refractivity contribution in [3.05, 3.63) is 28.5 Å². The molecular weight excluding hydrogens is 188 g/mol. The molecule has 13 heavy (non-hydrogen) atoms. The summed E-state index contributed by atoms with van der Waals surface area (Å²) in [4.78, 5) is 17.8. The molecule has 2 aromatic rings. The first-order chi connectivity index (χ1) is 6.22. The number of carbonyl (C=O) groups is 1. The average molecular weight is 195 g/mol. The SMILES string of the molecule is Cc1[nH]c2ncc(Cl)cc2c1C=O. The minimum Gasteiger partial charge on any atom is -0.343 e. The smallest absolute Gasteiger partial charge is 0.152 e. The molecule has 3 nitrogen and oxygen atoms in total. The minimum absolute atomic E-state index is 0.537. The minimum atomic E-state index is 0.537. The van der Waals surface area contributed by atoms with E-state index in [1.807, 2.05) is 6.92 Å². The summed E-state index contributed by atoms with van der Waals surface area (Å²) in [6.45, 7) is 1.83. The Morgan fingerprint density at radius 2 is 2.38 bits per heavy atom. The van der Waals surface area contributed by atoms with Crippen LogP contribution >= 0.6 is 11.6 Å². The summed E-state index contributed by atoms with van der Waals surface area (Å²) in [6.07, 6.45) is 2.36. The van der Waals surface area contributed by atoms with Crippen LogP contribution in [0, 0.1) is 6.92 Å². The zero-order valence-electron chi connectivity index (χ0n) is 6.97. The summed E-state index contributed by atoms with van der Waals surface area (Å²) in [5.74, 6) is 0. The maximum absolute atomic E-state index is 10.7. The van der Waals surface area contributed by atoms with E-state index in [0.29, 0.717) is 16.2 Å². The number of hydrogen-bond donors (Lipinski definition) is 1. The molecule has 1 N–H and O–H groups in total. The number of aromatic amines is 1. The maximum atomic E-state index is 10.7. The summed E-state index contributed by atoms with van der Waals surface area (Å²) >= 11 is 5.76. The fourth-order valence-electron chi connectivity index (χ4n) is 1.34. The molecule has 0 radical (unpaired) electrons. The molecule has 0 atom stereocenters. The molecule has 0 aromatic carbocycles. The number of aryl methyl sites for hydroxylation is 1. The lowest BCUT2D eigenvalue weighted by atomic mass is 10.2. The van der Waals surface area contributed by atoms with Crippen LogP contribution in [-0.4, -0.2) is 16.3 Å². The molecule has 0 unspecified atom stereocenters. The first-order valence-electron chi connectivity index (χ1n) is 3.81. The van der Waals surface area contributed by atoms with Gasteiger partial charge in [0.1, 0.15) is 5.65 Å². The van der Waals surface area contributed by atoms with E-state index in [0.717, 1.165) is 17.4 Å². The Bertz CT molecular complexity index is 476. The number of pyridine rings is 1. The summed E-state index contributed by atoms with van der Waals surface area (Å²) in [6, 6.07) is 1.73. The second kappa shape index (κ2) is 2.85. The highest BCUT2D eigenvalue weighted by atomic mass is 35.5. The molecule has 0 fully saturated rings. The molecule has 0 aliphatic carbocycles. The van der Waals surface area contributed by atoms with Crippen molar-refractivity contribution in [2.24, 2.45) is 0 Å². The largest absolute Gasteiger partial charge is 0.343 e. The highest BCUT2D eigenvalue weighted by molar-refractivity contribution is 6.31. The monoisotopic (exact) mass is 194 g/mol. The number of hydrogen-bond acceptors (Lipinski definition) is 2. The van der Waals surface area contributed by atoms with Crippen molar-refractivity contribution in [1.29, 1.82) is 0 Å². The van der Waals surface area contributed by atoms with Crippen LogP contribution in [0.5, 0.6) is 0 Å². The predicted octanol–water partition coefficient (Wildman–Crippen LogP) is 2.34. The van der Waals surface area contributed by atoms with Crippen molar-refractivity contribution < 1.29 is 4.79 Å². The zero-order chi connectivity index (χ0) is 9.42. The summed E-state index contributed by atoms with van der Waals surface area (Å²) < 4.78 is 0. The van der Waals surface area contributed by atoms with Gasteiger partial charge in [-0.15, -0.1) is 0 Å². The average Bonchev–Trinajstić information content (AvgIpc) is 2.40. The summed E-state index contributed by atoms with van der Waals surface area (Å²) in [5, 5.41) is 1.31. The molecule has 0 spiro atoms. The van der Waals surface area contributed by atoms with Crippen LogP contribution in [0.15, 0.2) is 12.3 Å². The Kier molecular flexibility index (Phi) is 1.81. The predicted molar refractivity (Wildman–Crippen MR) is 51.2 cm³/mol. The number of halogens is 1. The third-order valence-corrected chi connectivity index (χ3v) is 2.18. The van der Waals surface area contributed by atoms with Crippen LogP contribution < -0.4 is 0 Å². The molecule has 2 heterocycles. The van der Waals surface area contributed by atoms with Crippen LogP contribution in [-0.2, 0) is 0 Å². The number of fused-ring (bicyclic) bond motifs is 1. The standard InChI is InChI=1S/C9H7ClN2O/c1-5-8(4-13)7-2-6(10)3-11-9(7)12-5/h2-4H,1H3,(H,11,12). The number of aldehydes is 1. The Morgan fingerprint density at radius 3 is 3.08 bits per heavy atom. The van der Waals surface area contributed by atoms with Crippen molar-refractivity contribution in [1.82, 2.24) is 9.97 Å². The molecule has 4 heteroatoms. The van der Waals surface area contributed by atoms with Crippen LogP contribution in [0.2, 0.25) is 5.02 Å². The van der Waals surface area contributed by atoms with E-state index in [1.165, 1.54) is 0 Å². The third kappa shape index (κ3) is 1.21. The molecule has 0 bridgehead atoms. The van der Waals surface area contributed by atoms with E-state index >= 15 is 0 Å². The number of nitrogens with zero attached hydrogens (tertiary/aromatic N) is 1. The zero-order valence-corrected chi connectivity index (χ0v) is 7.72. The summed E-state index contributed by atoms with van der Waals surface area (Å²) in [5.41, 5.74) is 2.15. The molecule has 2 aromatic heterocycles. The Morgan fingerprint density at radius 1 is 1.62 bits per heavy atom. The van der Waals surface area contributed by atoms with Crippen LogP contribution in [0.4, 0.5) is 0 Å². The van der Waals surface area contributed by atoms with Gasteiger partial charge in [-0.05, 0) is 13.0 Å². The van der Waals surface area contributed by atoms with E-state index in [9.17, 15) is 4.79 Å². The second-order valence-electron chi connectivity index (χ2n) is 2.83. The fraction of sp³-hybridized carbons (Fsp3) is 0.111. The Hall–Kier alpha value is -1.35. The van der Waals surface area contributed by atoms with Crippen molar-refractivity contribution >= 4 is 28.9 Å². The second-order valence-corrected chi connectivity index (χ2v) is 3.27. The first-order valence-corrected chi connectivity index (χ1v) is 4.19. The van der Waals surface area contributed by atoms with Gasteiger partial charge in [0, 0.05) is 22.8 Å². The molecule has 0 amide bonds. The van der Waals surface area contributed by atoms with E-state index in [-0.39, 0.29) is 0 Å². The Balaban J connectivity index is 2.88. The van der Waals surface area contributed by atoms with Crippen LogP contribution in [0.1, 0.15) is 16.1 Å². The fourth-order valence-corrected chi connectivity index (χ4v) is 1.50. The first kappa shape index (κ1) is 8.26. The van der Waals surface area contributed by atoms with Gasteiger partial charge in [-0.1, -0.05) is 11.6 Å². The van der Waals surface area contributed by atoms with E-state index in [2.05, 4.69) is 9.97 Å². The van der Waals surface area contributed by atoms with Gasteiger partial charge in [0.2, 0.25) is 0 Å². The number of H-pyrrole nitrogens is 1. The number of nitrogens with one attached hydrogen (secondary N) is 1. The van der Waals surface area contributed by atoms with Gasteiger partial charge in [-0.3, -0.25) is 4.79 Å². The number of rotatable bonds is 1. The van der Waals surface area contributed by atoms with Gasteiger partial charge in [-0.2, -0.15) is 0 Å². The topological polar surface area (TPSA) is 45.8 Å². The van der Waals surface area contributed by atoms with Crippen molar-refractivity contribution in [2.45, 2.75) is 6.92 Å². The van der Waals surface area contributed by atoms with Gasteiger partial charge in [0.15, 0.2) is 6.29 Å². The van der Waals surface area contributed by atoms with Crippen LogP contribution in [0.25, 0.3) is 11.0 Å². The van der Waals surface area contributed by atoms with Gasteiger partial charge in [0.25, 0.3) is 0 Å². The molecule has 0 aliphatic heterocycles. The van der Waals surface area contributed by atoms with Gasteiger partial charge in [0.05, 0.1) is 5.02 Å². The highest BCUT2D eigenvalue weighted by Crippen LogP contribution is 2.21. The molecular formula is C9H7ClN2O. The van der Waals surface area contributed by atoms with Gasteiger partial charge < -0.3 is 4.98 Å². The third-order valence-electron chi connectivity index (χ3n) is 1.97. The van der Waals surface area contributed by atoms with E-state index < -0.39 is 0 Å². The highest BCUT2D eigenvalue weighted by Gasteiger charge is 2.08. The number of carbonyl (C=O) groups excluding carboxylic acids is 1.